The minimum atomic E-state index is -0.757. The van der Waals surface area contributed by atoms with E-state index in [-0.39, 0.29) is 23.5 Å². The van der Waals surface area contributed by atoms with E-state index in [0.29, 0.717) is 25.1 Å². The Balaban J connectivity index is 1.73. The van der Waals surface area contributed by atoms with Crippen LogP contribution in [0.4, 0.5) is 0 Å². The molecule has 0 spiro atoms. The van der Waals surface area contributed by atoms with Gasteiger partial charge in [0.05, 0.1) is 12.0 Å². The fourth-order valence-corrected chi connectivity index (χ4v) is 7.18. The first kappa shape index (κ1) is 28.2. The SMILES string of the molecule is Cc1ccc(C(=O)C2C(c3cccs3)C(C(=O)N3CCNCC3)N(C(=O)CC(C)C)C2c2cccc(C)c2)cc1. The van der Waals surface area contributed by atoms with Crippen LogP contribution in [0, 0.1) is 25.7 Å². The summed E-state index contributed by atoms with van der Waals surface area (Å²) in [4.78, 5) is 48.0. The summed E-state index contributed by atoms with van der Waals surface area (Å²) in [6.45, 7) is 10.7. The minimum absolute atomic E-state index is 0.0251. The number of aryl methyl sites for hydroxylation is 2. The number of amides is 2. The number of hydrogen-bond donors (Lipinski definition) is 1. The third-order valence-electron chi connectivity index (χ3n) is 8.11. The third-order valence-corrected chi connectivity index (χ3v) is 9.09. The predicted octanol–water partition coefficient (Wildman–Crippen LogP) is 5.38. The van der Waals surface area contributed by atoms with E-state index in [1.165, 1.54) is 0 Å². The van der Waals surface area contributed by atoms with Crippen molar-refractivity contribution < 1.29 is 14.4 Å². The van der Waals surface area contributed by atoms with Crippen LogP contribution in [0.15, 0.2) is 66.0 Å². The van der Waals surface area contributed by atoms with E-state index in [4.69, 9.17) is 0 Å². The summed E-state index contributed by atoms with van der Waals surface area (Å²) in [7, 11) is 0. The van der Waals surface area contributed by atoms with Crippen molar-refractivity contribution in [2.45, 2.75) is 52.1 Å². The lowest BCUT2D eigenvalue weighted by Gasteiger charge is -2.36. The fourth-order valence-electron chi connectivity index (χ4n) is 6.27. The number of piperazine rings is 1. The van der Waals surface area contributed by atoms with Crippen LogP contribution in [-0.2, 0) is 9.59 Å². The molecule has 6 nitrogen and oxygen atoms in total. The molecule has 0 aliphatic carbocycles. The van der Waals surface area contributed by atoms with Gasteiger partial charge in [0.1, 0.15) is 6.04 Å². The Kier molecular flexibility index (Phi) is 8.52. The molecule has 3 aromatic rings. The monoisotopic (exact) mass is 557 g/mol. The first-order valence-corrected chi connectivity index (χ1v) is 15.2. The number of nitrogens with one attached hydrogen (secondary N) is 1. The van der Waals surface area contributed by atoms with E-state index < -0.39 is 23.9 Å². The van der Waals surface area contributed by atoms with Crippen molar-refractivity contribution in [3.05, 3.63) is 93.2 Å². The molecular formula is C33H39N3O3S. The second-order valence-electron chi connectivity index (χ2n) is 11.6. The van der Waals surface area contributed by atoms with Crippen LogP contribution in [0.3, 0.4) is 0 Å². The number of benzene rings is 2. The molecule has 0 saturated carbocycles. The number of carbonyl (C=O) groups excluding carboxylic acids is 3. The maximum absolute atomic E-state index is 14.6. The average Bonchev–Trinajstić information content (AvgIpc) is 3.59. The van der Waals surface area contributed by atoms with Crippen LogP contribution >= 0.6 is 11.3 Å². The van der Waals surface area contributed by atoms with Crippen molar-refractivity contribution in [2.75, 3.05) is 26.2 Å². The van der Waals surface area contributed by atoms with Gasteiger partial charge in [0.15, 0.2) is 5.78 Å². The zero-order chi connectivity index (χ0) is 28.4. The first-order chi connectivity index (χ1) is 19.3. The molecule has 2 fully saturated rings. The number of likely N-dealkylation sites (tertiary alicyclic amines) is 1. The largest absolute Gasteiger partial charge is 0.338 e. The average molecular weight is 558 g/mol. The van der Waals surface area contributed by atoms with Crippen LogP contribution in [0.1, 0.15) is 64.2 Å². The van der Waals surface area contributed by atoms with Crippen molar-refractivity contribution in [1.29, 1.82) is 0 Å². The lowest BCUT2D eigenvalue weighted by Crippen LogP contribution is -2.55. The van der Waals surface area contributed by atoms with Crippen molar-refractivity contribution in [1.82, 2.24) is 15.1 Å². The maximum atomic E-state index is 14.6. The molecule has 3 heterocycles. The van der Waals surface area contributed by atoms with E-state index >= 15 is 0 Å². The second-order valence-corrected chi connectivity index (χ2v) is 12.6. The zero-order valence-corrected chi connectivity index (χ0v) is 24.6. The number of thiophene rings is 1. The van der Waals surface area contributed by atoms with Crippen molar-refractivity contribution in [3.8, 4) is 0 Å². The Morgan fingerprint density at radius 3 is 2.30 bits per heavy atom. The molecule has 0 radical (unpaired) electrons. The van der Waals surface area contributed by atoms with Gasteiger partial charge in [-0.25, -0.2) is 0 Å². The highest BCUT2D eigenvalue weighted by molar-refractivity contribution is 7.10. The Hall–Kier alpha value is -3.29. The second kappa shape index (κ2) is 12.1. The molecule has 2 amide bonds. The van der Waals surface area contributed by atoms with Gasteiger partial charge in [0, 0.05) is 49.0 Å². The standard InChI is InChI=1S/C33H39N3O3S/c1-21(2)19-27(37)36-30(25-8-5-7-23(4)20-25)29(32(38)24-12-10-22(3)11-13-24)28(26-9-6-18-40-26)31(36)33(39)35-16-14-34-15-17-35/h5-13,18,20-21,28-31,34H,14-17,19H2,1-4H3. The first-order valence-electron chi connectivity index (χ1n) is 14.3. The fraction of sp³-hybridized carbons (Fsp3) is 0.424. The van der Waals surface area contributed by atoms with Crippen molar-refractivity contribution in [3.63, 3.8) is 0 Å². The molecule has 4 atom stereocenters. The van der Waals surface area contributed by atoms with Gasteiger partial charge in [0.25, 0.3) is 0 Å². The van der Waals surface area contributed by atoms with Crippen LogP contribution in [0.2, 0.25) is 0 Å². The number of rotatable bonds is 7. The summed E-state index contributed by atoms with van der Waals surface area (Å²) in [5.74, 6) is -1.09. The zero-order valence-electron chi connectivity index (χ0n) is 23.8. The molecular weight excluding hydrogens is 518 g/mol. The topological polar surface area (TPSA) is 69.7 Å². The van der Waals surface area contributed by atoms with Gasteiger partial charge < -0.3 is 15.1 Å². The van der Waals surface area contributed by atoms with Gasteiger partial charge in [0.2, 0.25) is 11.8 Å². The van der Waals surface area contributed by atoms with Crippen LogP contribution in [0.5, 0.6) is 0 Å². The number of ketones is 1. The molecule has 7 heteroatoms. The molecule has 0 bridgehead atoms. The molecule has 2 aliphatic heterocycles. The highest BCUT2D eigenvalue weighted by Gasteiger charge is 2.58. The van der Waals surface area contributed by atoms with Crippen molar-refractivity contribution >= 4 is 28.9 Å². The van der Waals surface area contributed by atoms with Crippen LogP contribution < -0.4 is 5.32 Å². The van der Waals surface area contributed by atoms with E-state index in [1.807, 2.05) is 92.6 Å². The van der Waals surface area contributed by atoms with Gasteiger partial charge >= 0.3 is 0 Å². The Bertz CT molecular complexity index is 1350. The molecule has 2 aliphatic rings. The molecule has 2 saturated heterocycles. The van der Waals surface area contributed by atoms with E-state index in [9.17, 15) is 14.4 Å². The van der Waals surface area contributed by atoms with Gasteiger partial charge in [-0.05, 0) is 36.8 Å². The molecule has 1 N–H and O–H groups in total. The Labute approximate surface area is 241 Å². The molecule has 1 aromatic heterocycles. The number of hydrogen-bond acceptors (Lipinski definition) is 5. The summed E-state index contributed by atoms with van der Waals surface area (Å²) >= 11 is 1.56. The quantitative estimate of drug-likeness (QED) is 0.396. The van der Waals surface area contributed by atoms with Crippen molar-refractivity contribution in [2.24, 2.45) is 11.8 Å². The summed E-state index contributed by atoms with van der Waals surface area (Å²) in [6.07, 6.45) is 0.316. The Morgan fingerprint density at radius 1 is 0.950 bits per heavy atom. The van der Waals surface area contributed by atoms with Gasteiger partial charge in [-0.3, -0.25) is 14.4 Å². The summed E-state index contributed by atoms with van der Waals surface area (Å²) < 4.78 is 0. The van der Waals surface area contributed by atoms with E-state index in [2.05, 4.69) is 11.4 Å². The highest BCUT2D eigenvalue weighted by atomic mass is 32.1. The van der Waals surface area contributed by atoms with Gasteiger partial charge in [-0.15, -0.1) is 11.3 Å². The van der Waals surface area contributed by atoms with Crippen LogP contribution in [-0.4, -0.2) is 59.6 Å². The Morgan fingerprint density at radius 2 is 1.68 bits per heavy atom. The summed E-state index contributed by atoms with van der Waals surface area (Å²) in [6, 6.07) is 18.4. The lowest BCUT2D eigenvalue weighted by molar-refractivity contribution is -0.146. The maximum Gasteiger partial charge on any atom is 0.246 e. The van der Waals surface area contributed by atoms with Gasteiger partial charge in [-0.2, -0.15) is 0 Å². The molecule has 2 aromatic carbocycles. The van der Waals surface area contributed by atoms with Crippen LogP contribution in [0.25, 0.3) is 0 Å². The van der Waals surface area contributed by atoms with E-state index in [1.54, 1.807) is 16.2 Å². The molecule has 40 heavy (non-hydrogen) atoms. The molecule has 210 valence electrons. The summed E-state index contributed by atoms with van der Waals surface area (Å²) in [5.41, 5.74) is 3.65. The van der Waals surface area contributed by atoms with E-state index in [0.717, 1.165) is 34.7 Å². The van der Waals surface area contributed by atoms with Gasteiger partial charge in [-0.1, -0.05) is 79.6 Å². The summed E-state index contributed by atoms with van der Waals surface area (Å²) in [5, 5.41) is 5.32. The molecule has 5 rings (SSSR count). The number of Topliss-reactive ketones (excluding diaryl/α,β-unsaturated/α-hetero) is 1. The number of nitrogens with zero attached hydrogens (tertiary/aromatic N) is 2. The predicted molar refractivity (Wildman–Crippen MR) is 160 cm³/mol. The number of carbonyl (C=O) groups is 3. The highest BCUT2D eigenvalue weighted by Crippen LogP contribution is 2.53. The molecule has 4 unspecified atom stereocenters. The lowest BCUT2D eigenvalue weighted by atomic mass is 9.78. The minimum Gasteiger partial charge on any atom is -0.338 e. The third kappa shape index (κ3) is 5.63. The normalized spacial score (nSPS) is 23.0. The smallest absolute Gasteiger partial charge is 0.246 e.